The summed E-state index contributed by atoms with van der Waals surface area (Å²) < 4.78 is 0. The van der Waals surface area contributed by atoms with Gasteiger partial charge in [-0.1, -0.05) is 18.9 Å². The maximum atomic E-state index is 12.7. The molecule has 5 heteroatoms. The Bertz CT molecular complexity index is 608. The van der Waals surface area contributed by atoms with Gasteiger partial charge in [0.1, 0.15) is 0 Å². The third-order valence-electron chi connectivity index (χ3n) is 4.04. The van der Waals surface area contributed by atoms with Gasteiger partial charge in [-0.2, -0.15) is 5.10 Å². The van der Waals surface area contributed by atoms with E-state index in [0.717, 1.165) is 43.1 Å². The number of rotatable bonds is 2. The SMILES string of the molecule is O=C(c1ccc2cn[nH]c2c1)N1CCCCCC1CO. The van der Waals surface area contributed by atoms with Crippen molar-refractivity contribution >= 4 is 16.8 Å². The van der Waals surface area contributed by atoms with E-state index in [1.54, 1.807) is 6.20 Å². The smallest absolute Gasteiger partial charge is 0.254 e. The summed E-state index contributed by atoms with van der Waals surface area (Å²) in [7, 11) is 0. The first-order valence-corrected chi connectivity index (χ1v) is 7.14. The Morgan fingerprint density at radius 3 is 3.15 bits per heavy atom. The third kappa shape index (κ3) is 2.41. The lowest BCUT2D eigenvalue weighted by atomic mass is 10.1. The van der Waals surface area contributed by atoms with Gasteiger partial charge in [0, 0.05) is 17.5 Å². The number of fused-ring (bicyclic) bond motifs is 1. The van der Waals surface area contributed by atoms with E-state index in [4.69, 9.17) is 0 Å². The number of nitrogens with zero attached hydrogens (tertiary/aromatic N) is 2. The zero-order valence-electron chi connectivity index (χ0n) is 11.4. The summed E-state index contributed by atoms with van der Waals surface area (Å²) in [5, 5.41) is 17.4. The maximum Gasteiger partial charge on any atom is 0.254 e. The molecule has 20 heavy (non-hydrogen) atoms. The Balaban J connectivity index is 1.88. The van der Waals surface area contributed by atoms with E-state index >= 15 is 0 Å². The molecule has 0 saturated carbocycles. The summed E-state index contributed by atoms with van der Waals surface area (Å²) in [6.07, 6.45) is 5.84. The average Bonchev–Trinajstić information content (AvgIpc) is 2.81. The second-order valence-electron chi connectivity index (χ2n) is 5.36. The molecule has 3 rings (SSSR count). The molecule has 5 nitrogen and oxygen atoms in total. The van der Waals surface area contributed by atoms with Crippen molar-refractivity contribution in [1.82, 2.24) is 15.1 Å². The van der Waals surface area contributed by atoms with Crippen LogP contribution in [0, 0.1) is 0 Å². The lowest BCUT2D eigenvalue weighted by molar-refractivity contribution is 0.0600. The van der Waals surface area contributed by atoms with Crippen LogP contribution >= 0.6 is 0 Å². The van der Waals surface area contributed by atoms with Gasteiger partial charge in [-0.25, -0.2) is 0 Å². The zero-order chi connectivity index (χ0) is 13.9. The van der Waals surface area contributed by atoms with Crippen molar-refractivity contribution in [2.45, 2.75) is 31.7 Å². The van der Waals surface area contributed by atoms with Crippen molar-refractivity contribution in [3.63, 3.8) is 0 Å². The van der Waals surface area contributed by atoms with Crippen molar-refractivity contribution in [3.8, 4) is 0 Å². The van der Waals surface area contributed by atoms with Gasteiger partial charge < -0.3 is 10.0 Å². The molecule has 1 aromatic heterocycles. The minimum absolute atomic E-state index is 0.00227. The number of carbonyl (C=O) groups excluding carboxylic acids is 1. The third-order valence-corrected chi connectivity index (χ3v) is 4.04. The fraction of sp³-hybridized carbons (Fsp3) is 0.467. The van der Waals surface area contributed by atoms with Gasteiger partial charge in [-0.3, -0.25) is 9.89 Å². The molecule has 0 spiro atoms. The molecule has 1 aliphatic heterocycles. The molecular weight excluding hydrogens is 254 g/mol. The van der Waals surface area contributed by atoms with Crippen LogP contribution in [-0.4, -0.2) is 45.3 Å². The largest absolute Gasteiger partial charge is 0.394 e. The standard InChI is InChI=1S/C15H19N3O2/c19-10-13-4-2-1-3-7-18(13)15(20)11-5-6-12-9-16-17-14(12)8-11/h5-6,8-9,13,19H,1-4,7,10H2,(H,16,17). The molecule has 1 fully saturated rings. The van der Waals surface area contributed by atoms with E-state index in [1.807, 2.05) is 23.1 Å². The van der Waals surface area contributed by atoms with E-state index in [9.17, 15) is 9.90 Å². The maximum absolute atomic E-state index is 12.7. The highest BCUT2D eigenvalue weighted by molar-refractivity contribution is 5.97. The fourth-order valence-corrected chi connectivity index (χ4v) is 2.87. The summed E-state index contributed by atoms with van der Waals surface area (Å²) in [5.41, 5.74) is 1.52. The van der Waals surface area contributed by atoms with Crippen molar-refractivity contribution in [2.75, 3.05) is 13.2 Å². The zero-order valence-corrected chi connectivity index (χ0v) is 11.4. The number of aromatic nitrogens is 2. The lowest BCUT2D eigenvalue weighted by Gasteiger charge is -2.28. The van der Waals surface area contributed by atoms with Crippen LogP contribution in [0.2, 0.25) is 0 Å². The summed E-state index contributed by atoms with van der Waals surface area (Å²) in [6.45, 7) is 0.767. The Hall–Kier alpha value is -1.88. The Kier molecular flexibility index (Phi) is 3.69. The number of aromatic amines is 1. The molecule has 2 N–H and O–H groups in total. The summed E-state index contributed by atoms with van der Waals surface area (Å²) in [5.74, 6) is 0.00227. The van der Waals surface area contributed by atoms with Crippen LogP contribution < -0.4 is 0 Å². The van der Waals surface area contributed by atoms with E-state index in [-0.39, 0.29) is 18.6 Å². The highest BCUT2D eigenvalue weighted by Crippen LogP contribution is 2.20. The highest BCUT2D eigenvalue weighted by Gasteiger charge is 2.25. The van der Waals surface area contributed by atoms with Gasteiger partial charge in [-0.05, 0) is 25.0 Å². The number of H-pyrrole nitrogens is 1. The molecule has 2 aromatic rings. The number of aliphatic hydroxyl groups excluding tert-OH is 1. The van der Waals surface area contributed by atoms with Crippen LogP contribution in [0.5, 0.6) is 0 Å². The minimum Gasteiger partial charge on any atom is -0.394 e. The van der Waals surface area contributed by atoms with Crippen molar-refractivity contribution in [3.05, 3.63) is 30.0 Å². The molecule has 2 heterocycles. The molecule has 0 radical (unpaired) electrons. The molecule has 1 amide bonds. The number of benzene rings is 1. The van der Waals surface area contributed by atoms with Gasteiger partial charge >= 0.3 is 0 Å². The van der Waals surface area contributed by atoms with Crippen LogP contribution in [0.4, 0.5) is 0 Å². The first-order valence-electron chi connectivity index (χ1n) is 7.14. The van der Waals surface area contributed by atoms with E-state index in [2.05, 4.69) is 10.2 Å². The second-order valence-corrected chi connectivity index (χ2v) is 5.36. The predicted molar refractivity (Wildman–Crippen MR) is 76.5 cm³/mol. The van der Waals surface area contributed by atoms with Gasteiger partial charge in [-0.15, -0.1) is 0 Å². The van der Waals surface area contributed by atoms with Gasteiger partial charge in [0.05, 0.1) is 24.4 Å². The number of hydrogen-bond donors (Lipinski definition) is 2. The fourth-order valence-electron chi connectivity index (χ4n) is 2.87. The highest BCUT2D eigenvalue weighted by atomic mass is 16.3. The van der Waals surface area contributed by atoms with Crippen molar-refractivity contribution < 1.29 is 9.90 Å². The molecule has 1 saturated heterocycles. The molecule has 1 aromatic carbocycles. The van der Waals surface area contributed by atoms with Gasteiger partial charge in [0.15, 0.2) is 0 Å². The first kappa shape index (κ1) is 13.1. The van der Waals surface area contributed by atoms with Gasteiger partial charge in [0.25, 0.3) is 5.91 Å². The Morgan fingerprint density at radius 2 is 2.30 bits per heavy atom. The van der Waals surface area contributed by atoms with Crippen LogP contribution in [0.1, 0.15) is 36.0 Å². The average molecular weight is 273 g/mol. The Morgan fingerprint density at radius 1 is 1.40 bits per heavy atom. The molecule has 1 aliphatic rings. The number of likely N-dealkylation sites (tertiary alicyclic amines) is 1. The summed E-state index contributed by atoms with van der Waals surface area (Å²) >= 11 is 0. The Labute approximate surface area is 117 Å². The topological polar surface area (TPSA) is 69.2 Å². The molecule has 0 aliphatic carbocycles. The first-order chi connectivity index (χ1) is 9.79. The van der Waals surface area contributed by atoms with E-state index < -0.39 is 0 Å². The van der Waals surface area contributed by atoms with Crippen LogP contribution in [0.25, 0.3) is 10.9 Å². The summed E-state index contributed by atoms with van der Waals surface area (Å²) in [4.78, 5) is 14.5. The van der Waals surface area contributed by atoms with E-state index in [0.29, 0.717) is 5.56 Å². The summed E-state index contributed by atoms with van der Waals surface area (Å²) in [6, 6.07) is 5.52. The predicted octanol–water partition coefficient (Wildman–Crippen LogP) is 1.94. The van der Waals surface area contributed by atoms with Crippen molar-refractivity contribution in [2.24, 2.45) is 0 Å². The monoisotopic (exact) mass is 273 g/mol. The molecule has 106 valence electrons. The normalized spacial score (nSPS) is 20.1. The van der Waals surface area contributed by atoms with Gasteiger partial charge in [0.2, 0.25) is 0 Å². The quantitative estimate of drug-likeness (QED) is 0.878. The molecule has 1 atom stereocenters. The van der Waals surface area contributed by atoms with Crippen LogP contribution in [0.3, 0.4) is 0 Å². The molecule has 1 unspecified atom stereocenters. The minimum atomic E-state index is -0.0533. The van der Waals surface area contributed by atoms with Crippen molar-refractivity contribution in [1.29, 1.82) is 0 Å². The number of aliphatic hydroxyl groups is 1. The second kappa shape index (κ2) is 5.63. The molecular formula is C15H19N3O2. The number of carbonyl (C=O) groups is 1. The van der Waals surface area contributed by atoms with Crippen LogP contribution in [-0.2, 0) is 0 Å². The molecule has 0 bridgehead atoms. The lowest BCUT2D eigenvalue weighted by Crippen LogP contribution is -2.42. The van der Waals surface area contributed by atoms with E-state index in [1.165, 1.54) is 0 Å². The number of amides is 1. The number of hydrogen-bond acceptors (Lipinski definition) is 3. The van der Waals surface area contributed by atoms with Crippen LogP contribution in [0.15, 0.2) is 24.4 Å². The number of nitrogens with one attached hydrogen (secondary N) is 1.